The van der Waals surface area contributed by atoms with E-state index in [1.807, 2.05) is 0 Å². The van der Waals surface area contributed by atoms with Crippen LogP contribution in [0, 0.1) is 0 Å². The van der Waals surface area contributed by atoms with Gasteiger partial charge in [0.25, 0.3) is 0 Å². The van der Waals surface area contributed by atoms with Crippen molar-refractivity contribution in [1.82, 2.24) is 0 Å². The first kappa shape index (κ1) is 13.3. The van der Waals surface area contributed by atoms with Gasteiger partial charge in [0.2, 0.25) is 0 Å². The number of hydrogen-bond acceptors (Lipinski definition) is 0. The summed E-state index contributed by atoms with van der Waals surface area (Å²) in [6.07, 6.45) is 0. The lowest BCUT2D eigenvalue weighted by molar-refractivity contribution is 1.68. The van der Waals surface area contributed by atoms with Crippen molar-refractivity contribution in [3.63, 3.8) is 0 Å². The summed E-state index contributed by atoms with van der Waals surface area (Å²) < 4.78 is 0. The van der Waals surface area contributed by atoms with Crippen LogP contribution in [-0.2, 0) is 0 Å². The van der Waals surface area contributed by atoms with Crippen molar-refractivity contribution in [3.05, 3.63) is 97.1 Å². The van der Waals surface area contributed by atoms with Gasteiger partial charge in [-0.25, -0.2) is 0 Å². The summed E-state index contributed by atoms with van der Waals surface area (Å²) in [5.74, 6) is 0. The van der Waals surface area contributed by atoms with Gasteiger partial charge in [0.15, 0.2) is 0 Å². The van der Waals surface area contributed by atoms with Crippen LogP contribution in [0.5, 0.6) is 0 Å². The fourth-order valence-corrected chi connectivity index (χ4v) is 3.49. The van der Waals surface area contributed by atoms with E-state index in [-0.39, 0.29) is 0 Å². The first-order valence-electron chi connectivity index (χ1n) is 8.29. The van der Waals surface area contributed by atoms with Crippen molar-refractivity contribution in [2.75, 3.05) is 0 Å². The Morgan fingerprint density at radius 1 is 0.292 bits per heavy atom. The van der Waals surface area contributed by atoms with Crippen LogP contribution in [0.1, 0.15) is 0 Å². The molecule has 5 rings (SSSR count). The van der Waals surface area contributed by atoms with Crippen molar-refractivity contribution in [1.29, 1.82) is 0 Å². The first-order valence-corrected chi connectivity index (χ1v) is 8.29. The Kier molecular flexibility index (Phi) is 2.89. The van der Waals surface area contributed by atoms with E-state index in [2.05, 4.69) is 97.1 Å². The average molecular weight is 304 g/mol. The summed E-state index contributed by atoms with van der Waals surface area (Å²) in [5, 5.41) is 7.74. The van der Waals surface area contributed by atoms with Gasteiger partial charge in [-0.3, -0.25) is 0 Å². The Morgan fingerprint density at radius 3 is 1.38 bits per heavy atom. The standard InChI is InChI=1S/C24H16/c1-2-6-18-13-21(10-9-17(18)5-1)22-11-12-23-14-19-7-3-4-8-20(19)15-24(23)16-22/h1-16H. The average Bonchev–Trinajstić information content (AvgIpc) is 2.65. The second-order valence-electron chi connectivity index (χ2n) is 6.32. The van der Waals surface area contributed by atoms with Crippen LogP contribution in [-0.4, -0.2) is 0 Å². The smallest absolute Gasteiger partial charge is 0.0171 e. The molecule has 5 aromatic carbocycles. The number of rotatable bonds is 1. The zero-order chi connectivity index (χ0) is 15.9. The van der Waals surface area contributed by atoms with Crippen LogP contribution in [0.25, 0.3) is 43.4 Å². The highest BCUT2D eigenvalue weighted by molar-refractivity contribution is 6.00. The van der Waals surface area contributed by atoms with E-state index in [0.717, 1.165) is 0 Å². The van der Waals surface area contributed by atoms with Gasteiger partial charge in [0.1, 0.15) is 0 Å². The summed E-state index contributed by atoms with van der Waals surface area (Å²) in [6.45, 7) is 0. The molecule has 0 bridgehead atoms. The predicted octanol–water partition coefficient (Wildman–Crippen LogP) is 6.81. The van der Waals surface area contributed by atoms with Crippen LogP contribution in [0.15, 0.2) is 97.1 Å². The molecule has 0 heteroatoms. The van der Waals surface area contributed by atoms with E-state index in [1.165, 1.54) is 43.4 Å². The number of benzene rings is 5. The van der Waals surface area contributed by atoms with Gasteiger partial charge < -0.3 is 0 Å². The van der Waals surface area contributed by atoms with E-state index < -0.39 is 0 Å². The van der Waals surface area contributed by atoms with Crippen LogP contribution in [0.3, 0.4) is 0 Å². The molecular weight excluding hydrogens is 288 g/mol. The Morgan fingerprint density at radius 2 is 0.708 bits per heavy atom. The zero-order valence-electron chi connectivity index (χ0n) is 13.2. The summed E-state index contributed by atoms with van der Waals surface area (Å²) in [6, 6.07) is 35.1. The molecule has 0 spiro atoms. The van der Waals surface area contributed by atoms with Crippen molar-refractivity contribution < 1.29 is 0 Å². The molecule has 0 N–H and O–H groups in total. The summed E-state index contributed by atoms with van der Waals surface area (Å²) >= 11 is 0. The lowest BCUT2D eigenvalue weighted by atomic mass is 9.97. The molecule has 0 aliphatic carbocycles. The molecule has 0 saturated carbocycles. The Hall–Kier alpha value is -3.12. The third-order valence-corrected chi connectivity index (χ3v) is 4.79. The first-order chi connectivity index (χ1) is 11.9. The molecule has 0 unspecified atom stereocenters. The largest absolute Gasteiger partial charge is 0.0616 e. The zero-order valence-corrected chi connectivity index (χ0v) is 13.2. The van der Waals surface area contributed by atoms with Gasteiger partial charge in [-0.15, -0.1) is 0 Å². The lowest BCUT2D eigenvalue weighted by Crippen LogP contribution is -1.81. The van der Waals surface area contributed by atoms with E-state index >= 15 is 0 Å². The Bertz CT molecular complexity index is 1200. The highest BCUT2D eigenvalue weighted by atomic mass is 14.1. The second kappa shape index (κ2) is 5.21. The molecule has 24 heavy (non-hydrogen) atoms. The monoisotopic (exact) mass is 304 g/mol. The van der Waals surface area contributed by atoms with Crippen LogP contribution >= 0.6 is 0 Å². The molecule has 5 aromatic rings. The minimum Gasteiger partial charge on any atom is -0.0616 e. The van der Waals surface area contributed by atoms with Gasteiger partial charge in [0, 0.05) is 0 Å². The van der Waals surface area contributed by atoms with E-state index in [1.54, 1.807) is 0 Å². The molecule has 0 aliphatic rings. The van der Waals surface area contributed by atoms with Gasteiger partial charge >= 0.3 is 0 Å². The fraction of sp³-hybridized carbons (Fsp3) is 0. The molecule has 0 heterocycles. The van der Waals surface area contributed by atoms with Gasteiger partial charge in [-0.2, -0.15) is 0 Å². The SMILES string of the molecule is c1ccc2cc(-c3ccc4cc5ccccc5cc4c3)ccc2c1. The van der Waals surface area contributed by atoms with Gasteiger partial charge in [-0.05, 0) is 67.7 Å². The molecule has 0 amide bonds. The fourth-order valence-electron chi connectivity index (χ4n) is 3.49. The summed E-state index contributed by atoms with van der Waals surface area (Å²) in [7, 11) is 0. The minimum absolute atomic E-state index is 1.27. The van der Waals surface area contributed by atoms with Crippen molar-refractivity contribution in [2.24, 2.45) is 0 Å². The molecule has 112 valence electrons. The van der Waals surface area contributed by atoms with Crippen LogP contribution < -0.4 is 0 Å². The molecule has 0 fully saturated rings. The van der Waals surface area contributed by atoms with Crippen LogP contribution in [0.2, 0.25) is 0 Å². The maximum Gasteiger partial charge on any atom is -0.0171 e. The summed E-state index contributed by atoms with van der Waals surface area (Å²) in [5.41, 5.74) is 2.53. The topological polar surface area (TPSA) is 0 Å². The molecule has 0 saturated heterocycles. The Balaban J connectivity index is 1.71. The van der Waals surface area contributed by atoms with E-state index in [4.69, 9.17) is 0 Å². The van der Waals surface area contributed by atoms with Gasteiger partial charge in [0.05, 0.1) is 0 Å². The molecule has 0 aliphatic heterocycles. The van der Waals surface area contributed by atoms with Crippen molar-refractivity contribution in [2.45, 2.75) is 0 Å². The molecule has 0 nitrogen and oxygen atoms in total. The van der Waals surface area contributed by atoms with Crippen LogP contribution in [0.4, 0.5) is 0 Å². The lowest BCUT2D eigenvalue weighted by Gasteiger charge is -2.07. The Labute approximate surface area is 141 Å². The van der Waals surface area contributed by atoms with E-state index in [9.17, 15) is 0 Å². The third kappa shape index (κ3) is 2.16. The molecule has 0 radical (unpaired) electrons. The maximum absolute atomic E-state index is 2.30. The molecular formula is C24H16. The third-order valence-electron chi connectivity index (χ3n) is 4.79. The normalized spacial score (nSPS) is 11.3. The minimum atomic E-state index is 1.27. The molecule has 0 atom stereocenters. The predicted molar refractivity (Wildman–Crippen MR) is 104 cm³/mol. The maximum atomic E-state index is 2.30. The number of hydrogen-bond donors (Lipinski definition) is 0. The van der Waals surface area contributed by atoms with E-state index in [0.29, 0.717) is 0 Å². The highest BCUT2D eigenvalue weighted by Crippen LogP contribution is 2.29. The van der Waals surface area contributed by atoms with Crippen molar-refractivity contribution in [3.8, 4) is 11.1 Å². The number of fused-ring (bicyclic) bond motifs is 3. The quantitative estimate of drug-likeness (QED) is 0.298. The van der Waals surface area contributed by atoms with Gasteiger partial charge in [-0.1, -0.05) is 72.8 Å². The summed E-state index contributed by atoms with van der Waals surface area (Å²) in [4.78, 5) is 0. The van der Waals surface area contributed by atoms with Crippen molar-refractivity contribution >= 4 is 32.3 Å². The molecule has 0 aromatic heterocycles. The second-order valence-corrected chi connectivity index (χ2v) is 6.32. The highest BCUT2D eigenvalue weighted by Gasteiger charge is 2.03.